The number of hydrogen-bond acceptors (Lipinski definition) is 8. The van der Waals surface area contributed by atoms with Crippen LogP contribution in [0.3, 0.4) is 0 Å². The van der Waals surface area contributed by atoms with E-state index in [9.17, 15) is 28.8 Å². The smallest absolute Gasteiger partial charge is 0.305 e. The van der Waals surface area contributed by atoms with E-state index in [4.69, 9.17) is 9.47 Å². The molecule has 0 aromatic carbocycles. The topological polar surface area (TPSA) is 127 Å². The zero-order valence-electron chi connectivity index (χ0n) is 19.4. The molecule has 0 bridgehead atoms. The highest BCUT2D eigenvalue weighted by Gasteiger charge is 2.23. The first kappa shape index (κ1) is 32.7. The van der Waals surface area contributed by atoms with Crippen LogP contribution in [0, 0.1) is 0 Å². The predicted molar refractivity (Wildman–Crippen MR) is 133 cm³/mol. The normalized spacial score (nSPS) is 14.2. The third-order valence-corrected chi connectivity index (χ3v) is 5.39. The fraction of sp³-hybridized carbons (Fsp3) is 0.615. The van der Waals surface area contributed by atoms with Crippen LogP contribution in [-0.2, 0) is 38.2 Å². The van der Waals surface area contributed by atoms with Gasteiger partial charge in [0.2, 0.25) is 0 Å². The number of rotatable bonds is 17. The van der Waals surface area contributed by atoms with Crippen LogP contribution in [0.15, 0.2) is 24.3 Å². The highest BCUT2D eigenvalue weighted by atomic mass is 16.5. The van der Waals surface area contributed by atoms with Gasteiger partial charge in [0.15, 0.2) is 0 Å². The van der Waals surface area contributed by atoms with Gasteiger partial charge in [-0.3, -0.25) is 38.6 Å². The van der Waals surface area contributed by atoms with E-state index in [2.05, 4.69) is 0 Å². The Morgan fingerprint density at radius 1 is 0.528 bits per heavy atom. The van der Waals surface area contributed by atoms with Crippen molar-refractivity contribution in [2.45, 2.75) is 79.1 Å². The van der Waals surface area contributed by atoms with E-state index in [1.165, 1.54) is 34.1 Å². The van der Waals surface area contributed by atoms with E-state index in [1.54, 1.807) is 0 Å². The van der Waals surface area contributed by atoms with Crippen molar-refractivity contribution in [3.63, 3.8) is 0 Å². The number of ether oxygens (including phenoxy) is 2. The zero-order valence-corrected chi connectivity index (χ0v) is 19.4. The lowest BCUT2D eigenvalue weighted by molar-refractivity contribution is -0.146. The van der Waals surface area contributed by atoms with E-state index in [0.717, 1.165) is 0 Å². The monoisotopic (exact) mass is 508 g/mol. The summed E-state index contributed by atoms with van der Waals surface area (Å²) in [7, 11) is 0. The molecule has 0 fully saturated rings. The number of carbonyl (C=O) groups excluding carboxylic acids is 6. The Bertz CT molecular complexity index is 730. The van der Waals surface area contributed by atoms with Crippen LogP contribution in [0.5, 0.6) is 0 Å². The van der Waals surface area contributed by atoms with E-state index in [1.807, 2.05) is 0 Å². The van der Waals surface area contributed by atoms with Crippen LogP contribution in [0.1, 0.15) is 79.1 Å². The van der Waals surface area contributed by atoms with Crippen LogP contribution in [0.2, 0.25) is 0 Å². The molecule has 0 atom stereocenters. The van der Waals surface area contributed by atoms with E-state index < -0.39 is 0 Å². The van der Waals surface area contributed by atoms with Gasteiger partial charge in [-0.15, -0.1) is 0 Å². The van der Waals surface area contributed by atoms with Crippen molar-refractivity contribution in [3.05, 3.63) is 24.3 Å². The number of imide groups is 2. The molecule has 0 aliphatic carbocycles. The summed E-state index contributed by atoms with van der Waals surface area (Å²) in [5.41, 5.74) is 0. The van der Waals surface area contributed by atoms with E-state index in [-0.39, 0.29) is 76.5 Å². The van der Waals surface area contributed by atoms with Gasteiger partial charge in [0, 0.05) is 50.2 Å². The lowest BCUT2D eigenvalue weighted by Gasteiger charge is -2.13. The first-order valence-electron chi connectivity index (χ1n) is 11.8. The van der Waals surface area contributed by atoms with Crippen LogP contribution >= 0.6 is 0 Å². The van der Waals surface area contributed by atoms with Gasteiger partial charge in [-0.1, -0.05) is 27.7 Å². The molecule has 4 amide bonds. The Hall–Kier alpha value is -3.30. The third kappa shape index (κ3) is 11.9. The second-order valence-electron chi connectivity index (χ2n) is 8.09. The minimum Gasteiger partial charge on any atom is -0.466 e. The largest absolute Gasteiger partial charge is 0.466 e. The Balaban J connectivity index is 0.00000612. The quantitative estimate of drug-likeness (QED) is 0.167. The molecule has 2 rings (SSSR count). The number of carbonyl (C=O) groups is 6. The molecule has 2 heterocycles. The van der Waals surface area contributed by atoms with Gasteiger partial charge in [0.25, 0.3) is 23.6 Å². The van der Waals surface area contributed by atoms with Gasteiger partial charge < -0.3 is 9.47 Å². The van der Waals surface area contributed by atoms with Crippen LogP contribution in [-0.4, -0.2) is 71.7 Å². The molecule has 0 unspecified atom stereocenters. The fourth-order valence-electron chi connectivity index (χ4n) is 3.46. The van der Waals surface area contributed by atoms with E-state index >= 15 is 0 Å². The molecule has 0 saturated carbocycles. The molecular formula is C26H40N2O8. The van der Waals surface area contributed by atoms with Gasteiger partial charge in [-0.2, -0.15) is 0 Å². The van der Waals surface area contributed by atoms with Gasteiger partial charge in [0.1, 0.15) is 0 Å². The first-order valence-corrected chi connectivity index (χ1v) is 11.8. The Kier molecular flexibility index (Phi) is 16.4. The minimum absolute atomic E-state index is 0. The zero-order chi connectivity index (χ0) is 24.8. The summed E-state index contributed by atoms with van der Waals surface area (Å²) in [6.07, 6.45) is 10.8. The number of esters is 2. The van der Waals surface area contributed by atoms with E-state index in [0.29, 0.717) is 64.5 Å². The van der Waals surface area contributed by atoms with Gasteiger partial charge in [-0.05, 0) is 38.5 Å². The molecule has 0 N–H and O–H groups in total. The summed E-state index contributed by atoms with van der Waals surface area (Å²) < 4.78 is 10.3. The van der Waals surface area contributed by atoms with Crippen molar-refractivity contribution < 1.29 is 38.2 Å². The Labute approximate surface area is 213 Å². The predicted octanol–water partition coefficient (Wildman–Crippen LogP) is 3.10. The second kappa shape index (κ2) is 18.0. The molecule has 2 aliphatic rings. The molecule has 0 aromatic heterocycles. The molecular weight excluding hydrogens is 468 g/mol. The summed E-state index contributed by atoms with van der Waals surface area (Å²) in [6, 6.07) is 0. The molecule has 0 spiro atoms. The summed E-state index contributed by atoms with van der Waals surface area (Å²) in [5.74, 6) is -1.76. The molecule has 2 aliphatic heterocycles. The van der Waals surface area contributed by atoms with Gasteiger partial charge in [0.05, 0.1) is 13.2 Å². The molecule has 202 valence electrons. The lowest BCUT2D eigenvalue weighted by atomic mass is 10.2. The molecule has 36 heavy (non-hydrogen) atoms. The maximum atomic E-state index is 11.7. The number of amides is 4. The Morgan fingerprint density at radius 2 is 0.861 bits per heavy atom. The highest BCUT2D eigenvalue weighted by molar-refractivity contribution is 6.13. The van der Waals surface area contributed by atoms with Crippen molar-refractivity contribution >= 4 is 35.6 Å². The summed E-state index contributed by atoms with van der Waals surface area (Å²) in [4.78, 5) is 71.5. The van der Waals surface area contributed by atoms with Crippen molar-refractivity contribution in [1.29, 1.82) is 0 Å². The molecule has 0 aromatic rings. The number of hydrogen-bond donors (Lipinski definition) is 0. The maximum Gasteiger partial charge on any atom is 0.305 e. The van der Waals surface area contributed by atoms with Gasteiger partial charge in [-0.25, -0.2) is 0 Å². The molecule has 0 radical (unpaired) electrons. The Morgan fingerprint density at radius 3 is 1.19 bits per heavy atom. The van der Waals surface area contributed by atoms with Crippen LogP contribution < -0.4 is 0 Å². The van der Waals surface area contributed by atoms with Crippen molar-refractivity contribution in [3.8, 4) is 0 Å². The summed E-state index contributed by atoms with van der Waals surface area (Å²) >= 11 is 0. The number of unbranched alkanes of at least 4 members (excludes halogenated alkanes) is 5. The molecule has 0 saturated heterocycles. The lowest BCUT2D eigenvalue weighted by Crippen LogP contribution is -2.30. The second-order valence-corrected chi connectivity index (χ2v) is 8.09. The number of nitrogens with zero attached hydrogens (tertiary/aromatic N) is 2. The molecule has 10 nitrogen and oxygen atoms in total. The SMILES string of the molecule is C.C.O=C(CCCCCN1C(=O)C=CC1=O)OCCCCOC(=O)CCCCCN1C(=O)C=CC1=O. The van der Waals surface area contributed by atoms with Crippen molar-refractivity contribution in [1.82, 2.24) is 9.80 Å². The molecule has 10 heteroatoms. The standard InChI is InChI=1S/C24H32N2O8.2CH4/c27-19-11-12-20(28)25(19)15-5-1-3-9-23(31)33-17-7-8-18-34-24(32)10-4-2-6-16-26-21(29)13-14-22(26)30;;/h11-14H,1-10,15-18H2;2*1H4. The van der Waals surface area contributed by atoms with Crippen LogP contribution in [0.25, 0.3) is 0 Å². The first-order chi connectivity index (χ1) is 16.4. The van der Waals surface area contributed by atoms with Crippen LogP contribution in [0.4, 0.5) is 0 Å². The fourth-order valence-corrected chi connectivity index (χ4v) is 3.46. The van der Waals surface area contributed by atoms with Crippen molar-refractivity contribution in [2.24, 2.45) is 0 Å². The third-order valence-electron chi connectivity index (χ3n) is 5.39. The summed E-state index contributed by atoms with van der Waals surface area (Å²) in [6.45, 7) is 1.25. The minimum atomic E-state index is -0.293. The average Bonchev–Trinajstić information content (AvgIpc) is 3.30. The van der Waals surface area contributed by atoms with Crippen molar-refractivity contribution in [2.75, 3.05) is 26.3 Å². The average molecular weight is 509 g/mol. The highest BCUT2D eigenvalue weighted by Crippen LogP contribution is 2.09. The maximum absolute atomic E-state index is 11.7. The summed E-state index contributed by atoms with van der Waals surface area (Å²) in [5, 5.41) is 0. The van der Waals surface area contributed by atoms with Gasteiger partial charge >= 0.3 is 11.9 Å².